The Kier molecular flexibility index (Phi) is 4.25. The van der Waals surface area contributed by atoms with Gasteiger partial charge in [0.1, 0.15) is 11.5 Å². The van der Waals surface area contributed by atoms with Crippen LogP contribution in [0.4, 0.5) is 5.69 Å². The van der Waals surface area contributed by atoms with Crippen molar-refractivity contribution in [2.75, 3.05) is 11.9 Å². The van der Waals surface area contributed by atoms with E-state index in [1.807, 2.05) is 32.0 Å². The largest absolute Gasteiger partial charge is 0.508 e. The maximum Gasteiger partial charge on any atom is 0.262 e. The lowest BCUT2D eigenvalue weighted by atomic mass is 10.1. The van der Waals surface area contributed by atoms with Gasteiger partial charge in [-0.25, -0.2) is 0 Å². The second-order valence-electron chi connectivity index (χ2n) is 4.66. The summed E-state index contributed by atoms with van der Waals surface area (Å²) in [5.41, 5.74) is 2.61. The van der Waals surface area contributed by atoms with Gasteiger partial charge in [-0.05, 0) is 43.2 Å². The Morgan fingerprint density at radius 2 is 2.00 bits per heavy atom. The molecule has 0 saturated carbocycles. The Morgan fingerprint density at radius 1 is 1.20 bits per heavy atom. The lowest BCUT2D eigenvalue weighted by Gasteiger charge is -2.10. The number of benzene rings is 2. The molecule has 0 radical (unpaired) electrons. The van der Waals surface area contributed by atoms with E-state index in [9.17, 15) is 9.90 Å². The van der Waals surface area contributed by atoms with Crippen LogP contribution >= 0.6 is 0 Å². The fourth-order valence-electron chi connectivity index (χ4n) is 1.79. The van der Waals surface area contributed by atoms with Crippen molar-refractivity contribution in [3.63, 3.8) is 0 Å². The zero-order valence-corrected chi connectivity index (χ0v) is 11.5. The normalized spacial score (nSPS) is 10.1. The minimum absolute atomic E-state index is 0.0695. The first-order valence-electron chi connectivity index (χ1n) is 6.33. The average molecular weight is 271 g/mol. The van der Waals surface area contributed by atoms with Gasteiger partial charge in [-0.15, -0.1) is 0 Å². The minimum Gasteiger partial charge on any atom is -0.508 e. The minimum atomic E-state index is -0.267. The molecule has 0 saturated heterocycles. The molecule has 0 aliphatic heterocycles. The summed E-state index contributed by atoms with van der Waals surface area (Å²) in [6, 6.07) is 12.2. The first-order valence-corrected chi connectivity index (χ1v) is 6.33. The van der Waals surface area contributed by atoms with E-state index in [-0.39, 0.29) is 18.3 Å². The predicted octanol–water partition coefficient (Wildman–Crippen LogP) is 3.03. The molecule has 0 aromatic heterocycles. The zero-order chi connectivity index (χ0) is 14.5. The van der Waals surface area contributed by atoms with Gasteiger partial charge < -0.3 is 15.2 Å². The lowest BCUT2D eigenvalue weighted by molar-refractivity contribution is -0.118. The molecular formula is C16H17NO3. The van der Waals surface area contributed by atoms with E-state index in [0.29, 0.717) is 11.4 Å². The standard InChI is InChI=1S/C16H17NO3/c1-11-6-7-12(2)15(8-11)20-10-16(19)17-13-4-3-5-14(18)9-13/h3-9,18H,10H2,1-2H3,(H,17,19). The zero-order valence-electron chi connectivity index (χ0n) is 11.5. The molecule has 0 bridgehead atoms. The van der Waals surface area contributed by atoms with Gasteiger partial charge in [0, 0.05) is 11.8 Å². The van der Waals surface area contributed by atoms with E-state index in [1.54, 1.807) is 18.2 Å². The third-order valence-electron chi connectivity index (χ3n) is 2.83. The van der Waals surface area contributed by atoms with Gasteiger partial charge in [0.2, 0.25) is 0 Å². The van der Waals surface area contributed by atoms with Crippen LogP contribution in [0.1, 0.15) is 11.1 Å². The molecule has 2 N–H and O–H groups in total. The number of hydrogen-bond acceptors (Lipinski definition) is 3. The summed E-state index contributed by atoms with van der Waals surface area (Å²) in [6.07, 6.45) is 0. The van der Waals surface area contributed by atoms with Gasteiger partial charge >= 0.3 is 0 Å². The number of rotatable bonds is 4. The third-order valence-corrected chi connectivity index (χ3v) is 2.83. The monoisotopic (exact) mass is 271 g/mol. The SMILES string of the molecule is Cc1ccc(C)c(OCC(=O)Nc2cccc(O)c2)c1. The lowest BCUT2D eigenvalue weighted by Crippen LogP contribution is -2.20. The smallest absolute Gasteiger partial charge is 0.262 e. The van der Waals surface area contributed by atoms with Crippen LogP contribution in [-0.4, -0.2) is 17.6 Å². The summed E-state index contributed by atoms with van der Waals surface area (Å²) in [4.78, 5) is 11.8. The van der Waals surface area contributed by atoms with Gasteiger partial charge in [0.15, 0.2) is 6.61 Å². The quantitative estimate of drug-likeness (QED) is 0.898. The molecule has 0 fully saturated rings. The first-order chi connectivity index (χ1) is 9.54. The predicted molar refractivity (Wildman–Crippen MR) is 78.1 cm³/mol. The van der Waals surface area contributed by atoms with Crippen LogP contribution in [0.2, 0.25) is 0 Å². The Bertz CT molecular complexity index is 623. The summed E-state index contributed by atoms with van der Waals surface area (Å²) in [5.74, 6) is 0.547. The van der Waals surface area contributed by atoms with Crippen LogP contribution in [0.3, 0.4) is 0 Å². The summed E-state index contributed by atoms with van der Waals surface area (Å²) < 4.78 is 5.51. The first kappa shape index (κ1) is 13.9. The Labute approximate surface area is 118 Å². The van der Waals surface area contributed by atoms with E-state index in [0.717, 1.165) is 11.1 Å². The molecular weight excluding hydrogens is 254 g/mol. The van der Waals surface area contributed by atoms with Gasteiger partial charge in [-0.2, -0.15) is 0 Å². The van der Waals surface area contributed by atoms with Crippen molar-refractivity contribution >= 4 is 11.6 Å². The van der Waals surface area contributed by atoms with Gasteiger partial charge in [-0.3, -0.25) is 4.79 Å². The highest BCUT2D eigenvalue weighted by molar-refractivity contribution is 5.92. The molecule has 4 nitrogen and oxygen atoms in total. The maximum absolute atomic E-state index is 11.8. The highest BCUT2D eigenvalue weighted by Crippen LogP contribution is 2.19. The Morgan fingerprint density at radius 3 is 2.75 bits per heavy atom. The van der Waals surface area contributed by atoms with Crippen LogP contribution in [-0.2, 0) is 4.79 Å². The van der Waals surface area contributed by atoms with Crippen molar-refractivity contribution in [2.24, 2.45) is 0 Å². The third kappa shape index (κ3) is 3.75. The van der Waals surface area contributed by atoms with E-state index < -0.39 is 0 Å². The van der Waals surface area contributed by atoms with Crippen LogP contribution in [0.25, 0.3) is 0 Å². The number of amides is 1. The number of hydrogen-bond donors (Lipinski definition) is 2. The molecule has 2 rings (SSSR count). The number of carbonyl (C=O) groups is 1. The highest BCUT2D eigenvalue weighted by Gasteiger charge is 2.06. The maximum atomic E-state index is 11.8. The van der Waals surface area contributed by atoms with Crippen molar-refractivity contribution in [1.82, 2.24) is 0 Å². The van der Waals surface area contributed by atoms with Gasteiger partial charge in [0.25, 0.3) is 5.91 Å². The van der Waals surface area contributed by atoms with E-state index in [2.05, 4.69) is 5.32 Å². The Balaban J connectivity index is 1.94. The number of aryl methyl sites for hydroxylation is 2. The summed E-state index contributed by atoms with van der Waals surface area (Å²) >= 11 is 0. The fourth-order valence-corrected chi connectivity index (χ4v) is 1.79. The highest BCUT2D eigenvalue weighted by atomic mass is 16.5. The summed E-state index contributed by atoms with van der Waals surface area (Å²) in [5, 5.41) is 12.0. The second kappa shape index (κ2) is 6.10. The second-order valence-corrected chi connectivity index (χ2v) is 4.66. The van der Waals surface area contributed by atoms with Crippen molar-refractivity contribution in [2.45, 2.75) is 13.8 Å². The van der Waals surface area contributed by atoms with Crippen LogP contribution in [0, 0.1) is 13.8 Å². The molecule has 4 heteroatoms. The van der Waals surface area contributed by atoms with Crippen LogP contribution in [0.5, 0.6) is 11.5 Å². The average Bonchev–Trinajstić information content (AvgIpc) is 2.40. The molecule has 104 valence electrons. The van der Waals surface area contributed by atoms with Crippen LogP contribution in [0.15, 0.2) is 42.5 Å². The number of nitrogens with one attached hydrogen (secondary N) is 1. The topological polar surface area (TPSA) is 58.6 Å². The molecule has 20 heavy (non-hydrogen) atoms. The van der Waals surface area contributed by atoms with Crippen LogP contribution < -0.4 is 10.1 Å². The number of carbonyl (C=O) groups excluding carboxylic acids is 1. The Hall–Kier alpha value is -2.49. The summed E-state index contributed by atoms with van der Waals surface area (Å²) in [6.45, 7) is 3.83. The number of ether oxygens (including phenoxy) is 1. The molecule has 0 aliphatic carbocycles. The van der Waals surface area contributed by atoms with Gasteiger partial charge in [0.05, 0.1) is 0 Å². The molecule has 0 aliphatic rings. The molecule has 2 aromatic carbocycles. The van der Waals surface area contributed by atoms with Gasteiger partial charge in [-0.1, -0.05) is 18.2 Å². The van der Waals surface area contributed by atoms with Crippen molar-refractivity contribution in [3.8, 4) is 11.5 Å². The van der Waals surface area contributed by atoms with E-state index >= 15 is 0 Å². The summed E-state index contributed by atoms with van der Waals surface area (Å²) in [7, 11) is 0. The molecule has 1 amide bonds. The molecule has 0 atom stereocenters. The van der Waals surface area contributed by atoms with Crippen molar-refractivity contribution < 1.29 is 14.6 Å². The number of phenolic OH excluding ortho intramolecular Hbond substituents is 1. The number of anilines is 1. The van der Waals surface area contributed by atoms with E-state index in [4.69, 9.17) is 4.74 Å². The molecule has 0 heterocycles. The fraction of sp³-hybridized carbons (Fsp3) is 0.188. The molecule has 2 aromatic rings. The van der Waals surface area contributed by atoms with Crippen molar-refractivity contribution in [1.29, 1.82) is 0 Å². The molecule has 0 spiro atoms. The molecule has 0 unspecified atom stereocenters. The number of aromatic hydroxyl groups is 1. The van der Waals surface area contributed by atoms with Crippen molar-refractivity contribution in [3.05, 3.63) is 53.6 Å². The number of phenols is 1. The van der Waals surface area contributed by atoms with E-state index in [1.165, 1.54) is 6.07 Å².